The number of ether oxygens (including phenoxy) is 1. The normalized spacial score (nSPS) is 16.1. The fourth-order valence-corrected chi connectivity index (χ4v) is 2.15. The van der Waals surface area contributed by atoms with Crippen LogP contribution in [0.4, 0.5) is 5.69 Å². The van der Waals surface area contributed by atoms with Gasteiger partial charge in [-0.05, 0) is 31.0 Å². The maximum absolute atomic E-state index is 12.2. The minimum Gasteiger partial charge on any atom is -0.490 e. The van der Waals surface area contributed by atoms with Crippen molar-refractivity contribution in [2.24, 2.45) is 0 Å². The SMILES string of the molecule is CC[C@@H](Br)C(=O)N1CCOc2ccc(C)cc21. The molecule has 1 aliphatic rings. The number of carbonyl (C=O) groups is 1. The number of amides is 1. The summed E-state index contributed by atoms with van der Waals surface area (Å²) in [4.78, 5) is 13.9. The first-order chi connectivity index (χ1) is 8.13. The van der Waals surface area contributed by atoms with Crippen LogP contribution in [-0.2, 0) is 4.79 Å². The summed E-state index contributed by atoms with van der Waals surface area (Å²) < 4.78 is 5.56. The molecule has 0 unspecified atom stereocenters. The number of alkyl halides is 1. The second kappa shape index (κ2) is 5.08. The van der Waals surface area contributed by atoms with Crippen LogP contribution < -0.4 is 9.64 Å². The predicted molar refractivity (Wildman–Crippen MR) is 72.0 cm³/mol. The molecule has 0 aliphatic carbocycles. The average molecular weight is 298 g/mol. The molecule has 0 radical (unpaired) electrons. The smallest absolute Gasteiger partial charge is 0.240 e. The fraction of sp³-hybridized carbons (Fsp3) is 0.462. The van der Waals surface area contributed by atoms with Gasteiger partial charge >= 0.3 is 0 Å². The number of anilines is 1. The van der Waals surface area contributed by atoms with Gasteiger partial charge in [-0.2, -0.15) is 0 Å². The molecule has 1 aliphatic heterocycles. The third kappa shape index (κ3) is 2.46. The van der Waals surface area contributed by atoms with Gasteiger partial charge in [-0.15, -0.1) is 0 Å². The van der Waals surface area contributed by atoms with E-state index in [1.807, 2.05) is 36.9 Å². The molecule has 17 heavy (non-hydrogen) atoms. The zero-order valence-electron chi connectivity index (χ0n) is 10.1. The van der Waals surface area contributed by atoms with Gasteiger partial charge in [-0.25, -0.2) is 0 Å². The lowest BCUT2D eigenvalue weighted by molar-refractivity contribution is -0.118. The zero-order valence-corrected chi connectivity index (χ0v) is 11.7. The van der Waals surface area contributed by atoms with E-state index in [1.54, 1.807) is 0 Å². The number of aryl methyl sites for hydroxylation is 1. The topological polar surface area (TPSA) is 29.5 Å². The fourth-order valence-electron chi connectivity index (χ4n) is 1.90. The molecule has 2 rings (SSSR count). The lowest BCUT2D eigenvalue weighted by Crippen LogP contribution is -2.41. The quantitative estimate of drug-likeness (QED) is 0.786. The van der Waals surface area contributed by atoms with E-state index in [0.29, 0.717) is 13.2 Å². The number of nitrogens with zero attached hydrogens (tertiary/aromatic N) is 1. The molecule has 3 nitrogen and oxygen atoms in total. The van der Waals surface area contributed by atoms with Gasteiger partial charge in [0.1, 0.15) is 12.4 Å². The summed E-state index contributed by atoms with van der Waals surface area (Å²) in [5.74, 6) is 0.911. The van der Waals surface area contributed by atoms with Crippen LogP contribution in [0.1, 0.15) is 18.9 Å². The Labute approximate surface area is 110 Å². The van der Waals surface area contributed by atoms with Crippen LogP contribution in [0.25, 0.3) is 0 Å². The van der Waals surface area contributed by atoms with Gasteiger partial charge in [0.25, 0.3) is 0 Å². The molecular weight excluding hydrogens is 282 g/mol. The van der Waals surface area contributed by atoms with Crippen molar-refractivity contribution in [3.63, 3.8) is 0 Å². The molecule has 0 bridgehead atoms. The molecule has 1 atom stereocenters. The Kier molecular flexibility index (Phi) is 3.72. The third-order valence-electron chi connectivity index (χ3n) is 2.87. The molecule has 1 heterocycles. The summed E-state index contributed by atoms with van der Waals surface area (Å²) >= 11 is 3.42. The molecule has 0 spiro atoms. The Bertz CT molecular complexity index is 433. The largest absolute Gasteiger partial charge is 0.490 e. The molecule has 92 valence electrons. The Hall–Kier alpha value is -1.03. The summed E-state index contributed by atoms with van der Waals surface area (Å²) in [7, 11) is 0. The maximum atomic E-state index is 12.2. The van der Waals surface area contributed by atoms with Gasteiger partial charge < -0.3 is 9.64 Å². The number of hydrogen-bond donors (Lipinski definition) is 0. The molecule has 1 aromatic carbocycles. The Balaban J connectivity index is 2.34. The van der Waals surface area contributed by atoms with E-state index >= 15 is 0 Å². The second-order valence-corrected chi connectivity index (χ2v) is 5.29. The lowest BCUT2D eigenvalue weighted by atomic mass is 10.1. The standard InChI is InChI=1S/C13H16BrNO2/c1-3-10(14)13(16)15-6-7-17-12-5-4-9(2)8-11(12)15/h4-5,8,10H,3,6-7H2,1-2H3/t10-/m1/s1. The number of fused-ring (bicyclic) bond motifs is 1. The van der Waals surface area contributed by atoms with Crippen molar-refractivity contribution in [1.82, 2.24) is 0 Å². The number of benzene rings is 1. The van der Waals surface area contributed by atoms with Crippen LogP contribution in [0.5, 0.6) is 5.75 Å². The van der Waals surface area contributed by atoms with Crippen LogP contribution in [0, 0.1) is 6.92 Å². The van der Waals surface area contributed by atoms with E-state index in [1.165, 1.54) is 0 Å². The van der Waals surface area contributed by atoms with Gasteiger partial charge in [0.2, 0.25) is 5.91 Å². The molecular formula is C13H16BrNO2. The van der Waals surface area contributed by atoms with E-state index in [9.17, 15) is 4.79 Å². The van der Waals surface area contributed by atoms with Gasteiger partial charge in [0.15, 0.2) is 0 Å². The van der Waals surface area contributed by atoms with Crippen LogP contribution in [0.3, 0.4) is 0 Å². The minimum atomic E-state index is -0.117. The van der Waals surface area contributed by atoms with Gasteiger partial charge in [-0.3, -0.25) is 4.79 Å². The first-order valence-corrected chi connectivity index (χ1v) is 6.74. The van der Waals surface area contributed by atoms with E-state index in [4.69, 9.17) is 4.74 Å². The zero-order chi connectivity index (χ0) is 12.4. The maximum Gasteiger partial charge on any atom is 0.240 e. The van der Waals surface area contributed by atoms with Gasteiger partial charge in [-0.1, -0.05) is 28.9 Å². The van der Waals surface area contributed by atoms with Crippen LogP contribution >= 0.6 is 15.9 Å². The molecule has 0 N–H and O–H groups in total. The summed E-state index contributed by atoms with van der Waals surface area (Å²) in [6, 6.07) is 5.93. The van der Waals surface area contributed by atoms with E-state index in [0.717, 1.165) is 23.4 Å². The Morgan fingerprint density at radius 1 is 1.59 bits per heavy atom. The van der Waals surface area contributed by atoms with Crippen molar-refractivity contribution in [1.29, 1.82) is 0 Å². The highest BCUT2D eigenvalue weighted by Crippen LogP contribution is 2.33. The Morgan fingerprint density at radius 2 is 2.35 bits per heavy atom. The average Bonchev–Trinajstić information content (AvgIpc) is 2.36. The molecule has 4 heteroatoms. The van der Waals surface area contributed by atoms with Crippen molar-refractivity contribution in [3.8, 4) is 5.75 Å². The minimum absolute atomic E-state index is 0.114. The number of hydrogen-bond acceptors (Lipinski definition) is 2. The van der Waals surface area contributed by atoms with Crippen LogP contribution in [0.2, 0.25) is 0 Å². The predicted octanol–water partition coefficient (Wildman–Crippen LogP) is 2.89. The molecule has 0 saturated carbocycles. The number of rotatable bonds is 2. The van der Waals surface area contributed by atoms with Gasteiger partial charge in [0, 0.05) is 0 Å². The molecule has 0 saturated heterocycles. The molecule has 1 amide bonds. The monoisotopic (exact) mass is 297 g/mol. The van der Waals surface area contributed by atoms with E-state index in [-0.39, 0.29) is 10.7 Å². The summed E-state index contributed by atoms with van der Waals surface area (Å²) in [6.07, 6.45) is 0.789. The first kappa shape index (κ1) is 12.4. The van der Waals surface area contributed by atoms with Crippen molar-refractivity contribution < 1.29 is 9.53 Å². The summed E-state index contributed by atoms with van der Waals surface area (Å²) in [5, 5.41) is 0. The van der Waals surface area contributed by atoms with Crippen molar-refractivity contribution in [2.75, 3.05) is 18.1 Å². The van der Waals surface area contributed by atoms with E-state index < -0.39 is 0 Å². The lowest BCUT2D eigenvalue weighted by Gasteiger charge is -2.31. The van der Waals surface area contributed by atoms with Crippen molar-refractivity contribution >= 4 is 27.5 Å². The van der Waals surface area contributed by atoms with Crippen molar-refractivity contribution in [3.05, 3.63) is 23.8 Å². The van der Waals surface area contributed by atoms with Crippen LogP contribution in [-0.4, -0.2) is 23.9 Å². The number of carbonyl (C=O) groups excluding carboxylic acids is 1. The highest BCUT2D eigenvalue weighted by Gasteiger charge is 2.27. The van der Waals surface area contributed by atoms with Gasteiger partial charge in [0.05, 0.1) is 17.1 Å². The number of halogens is 1. The summed E-state index contributed by atoms with van der Waals surface area (Å²) in [6.45, 7) is 5.19. The summed E-state index contributed by atoms with van der Waals surface area (Å²) in [5.41, 5.74) is 2.02. The molecule has 0 aromatic heterocycles. The first-order valence-electron chi connectivity index (χ1n) is 5.82. The highest BCUT2D eigenvalue weighted by atomic mass is 79.9. The second-order valence-electron chi connectivity index (χ2n) is 4.19. The third-order valence-corrected chi connectivity index (χ3v) is 3.91. The Morgan fingerprint density at radius 3 is 3.06 bits per heavy atom. The highest BCUT2D eigenvalue weighted by molar-refractivity contribution is 9.10. The molecule has 0 fully saturated rings. The van der Waals surface area contributed by atoms with Crippen molar-refractivity contribution in [2.45, 2.75) is 25.1 Å². The van der Waals surface area contributed by atoms with Crippen LogP contribution in [0.15, 0.2) is 18.2 Å². The van der Waals surface area contributed by atoms with E-state index in [2.05, 4.69) is 15.9 Å². The molecule has 1 aromatic rings.